The number of nitrogens with zero attached hydrogens (tertiary/aromatic N) is 2. The van der Waals surface area contributed by atoms with Crippen molar-refractivity contribution in [1.29, 1.82) is 0 Å². The van der Waals surface area contributed by atoms with Gasteiger partial charge in [-0.3, -0.25) is 0 Å². The van der Waals surface area contributed by atoms with Crippen LogP contribution in [0.25, 0.3) is 0 Å². The largest absolute Gasteiger partial charge is 0.362 e. The summed E-state index contributed by atoms with van der Waals surface area (Å²) in [6.45, 7) is 8.19. The average molecular weight is 290 g/mol. The van der Waals surface area contributed by atoms with Crippen molar-refractivity contribution in [3.63, 3.8) is 0 Å². The number of alkyl halides is 2. The smallest absolute Gasteiger partial charge is 0.133 e. The molecule has 0 radical (unpaired) electrons. The molecule has 0 spiro atoms. The molecule has 1 aromatic rings. The molecule has 0 atom stereocenters. The fourth-order valence-electron chi connectivity index (χ4n) is 1.57. The van der Waals surface area contributed by atoms with Gasteiger partial charge in [-0.25, -0.2) is 9.97 Å². The van der Waals surface area contributed by atoms with E-state index in [-0.39, 0.29) is 5.54 Å². The summed E-state index contributed by atoms with van der Waals surface area (Å²) in [4.78, 5) is 8.95. The molecular weight excluding hydrogens is 269 g/mol. The Labute approximate surface area is 119 Å². The van der Waals surface area contributed by atoms with Crippen molar-refractivity contribution in [2.45, 2.75) is 45.6 Å². The van der Waals surface area contributed by atoms with Crippen molar-refractivity contribution in [3.8, 4) is 0 Å². The van der Waals surface area contributed by atoms with E-state index in [0.717, 1.165) is 23.8 Å². The maximum atomic E-state index is 6.03. The minimum atomic E-state index is -0.307. The fraction of sp³-hybridized carbons (Fsp3) is 0.692. The molecule has 0 aliphatic carbocycles. The first-order valence-electron chi connectivity index (χ1n) is 6.22. The molecule has 5 heteroatoms. The van der Waals surface area contributed by atoms with Gasteiger partial charge in [-0.1, -0.05) is 20.8 Å². The van der Waals surface area contributed by atoms with Gasteiger partial charge in [0.15, 0.2) is 0 Å². The number of anilines is 1. The van der Waals surface area contributed by atoms with Crippen molar-refractivity contribution in [3.05, 3.63) is 17.6 Å². The van der Waals surface area contributed by atoms with Crippen LogP contribution in [0.3, 0.4) is 0 Å². The van der Waals surface area contributed by atoms with Crippen molar-refractivity contribution >= 4 is 29.0 Å². The van der Waals surface area contributed by atoms with Crippen LogP contribution in [0.2, 0.25) is 0 Å². The van der Waals surface area contributed by atoms with E-state index in [2.05, 4.69) is 36.1 Å². The molecule has 0 unspecified atom stereocenters. The van der Waals surface area contributed by atoms with E-state index < -0.39 is 0 Å². The van der Waals surface area contributed by atoms with Crippen LogP contribution in [0.1, 0.15) is 44.6 Å². The predicted molar refractivity (Wildman–Crippen MR) is 78.9 cm³/mol. The van der Waals surface area contributed by atoms with Crippen LogP contribution >= 0.6 is 23.2 Å². The normalized spacial score (nSPS) is 11.9. The van der Waals surface area contributed by atoms with Gasteiger partial charge in [0.2, 0.25) is 0 Å². The molecule has 0 aliphatic heterocycles. The van der Waals surface area contributed by atoms with Crippen molar-refractivity contribution in [2.75, 3.05) is 17.1 Å². The van der Waals surface area contributed by atoms with E-state index in [4.69, 9.17) is 23.2 Å². The zero-order chi connectivity index (χ0) is 13.8. The summed E-state index contributed by atoms with van der Waals surface area (Å²) in [5.41, 5.74) is 0.642. The van der Waals surface area contributed by atoms with Crippen LogP contribution in [0.5, 0.6) is 0 Å². The molecule has 102 valence electrons. The zero-order valence-corrected chi connectivity index (χ0v) is 12.9. The maximum Gasteiger partial charge on any atom is 0.133 e. The molecule has 1 N–H and O–H groups in total. The standard InChI is InChI=1S/C13H21Cl2N3/c1-5-13(7-14,8-15)18-11-6-10(4)16-12(17-11)9(2)3/h6,9H,5,7-8H2,1-4H3,(H,16,17,18). The highest BCUT2D eigenvalue weighted by Crippen LogP contribution is 2.22. The Morgan fingerprint density at radius 2 is 1.89 bits per heavy atom. The molecule has 0 fully saturated rings. The van der Waals surface area contributed by atoms with Gasteiger partial charge in [0.1, 0.15) is 11.6 Å². The fourth-order valence-corrected chi connectivity index (χ4v) is 2.36. The quantitative estimate of drug-likeness (QED) is 0.806. The first-order chi connectivity index (χ1) is 8.46. The number of rotatable bonds is 6. The molecule has 0 amide bonds. The van der Waals surface area contributed by atoms with Gasteiger partial charge in [0, 0.05) is 29.4 Å². The Kier molecular flexibility index (Phi) is 5.67. The van der Waals surface area contributed by atoms with Crippen molar-refractivity contribution in [1.82, 2.24) is 9.97 Å². The maximum absolute atomic E-state index is 6.03. The molecule has 0 aliphatic rings. The second kappa shape index (κ2) is 6.58. The number of nitrogens with one attached hydrogen (secondary N) is 1. The number of hydrogen-bond donors (Lipinski definition) is 1. The van der Waals surface area contributed by atoms with Gasteiger partial charge in [-0.05, 0) is 13.3 Å². The van der Waals surface area contributed by atoms with Crippen molar-refractivity contribution < 1.29 is 0 Å². The molecule has 1 rings (SSSR count). The number of halogens is 2. The average Bonchev–Trinajstić information content (AvgIpc) is 2.35. The van der Waals surface area contributed by atoms with Crippen LogP contribution in [0, 0.1) is 6.92 Å². The first-order valence-corrected chi connectivity index (χ1v) is 7.29. The minimum absolute atomic E-state index is 0.300. The van der Waals surface area contributed by atoms with Crippen molar-refractivity contribution in [2.24, 2.45) is 0 Å². The summed E-state index contributed by atoms with van der Waals surface area (Å²) < 4.78 is 0. The van der Waals surface area contributed by atoms with Crippen LogP contribution in [-0.4, -0.2) is 27.3 Å². The highest BCUT2D eigenvalue weighted by atomic mass is 35.5. The van der Waals surface area contributed by atoms with Crippen LogP contribution < -0.4 is 5.32 Å². The number of aryl methyl sites for hydroxylation is 1. The lowest BCUT2D eigenvalue weighted by Gasteiger charge is -2.30. The molecular formula is C13H21Cl2N3. The molecule has 0 bridgehead atoms. The topological polar surface area (TPSA) is 37.8 Å². The summed E-state index contributed by atoms with van der Waals surface area (Å²) in [6.07, 6.45) is 0.847. The third kappa shape index (κ3) is 3.72. The van der Waals surface area contributed by atoms with Gasteiger partial charge >= 0.3 is 0 Å². The second-order valence-corrected chi connectivity index (χ2v) is 5.47. The Morgan fingerprint density at radius 3 is 2.33 bits per heavy atom. The van der Waals surface area contributed by atoms with Crippen LogP contribution in [0.15, 0.2) is 6.07 Å². The van der Waals surface area contributed by atoms with E-state index in [1.165, 1.54) is 0 Å². The van der Waals surface area contributed by atoms with Crippen LogP contribution in [0.4, 0.5) is 5.82 Å². The Morgan fingerprint density at radius 1 is 1.28 bits per heavy atom. The van der Waals surface area contributed by atoms with Gasteiger partial charge in [-0.15, -0.1) is 23.2 Å². The molecule has 0 aromatic carbocycles. The summed E-state index contributed by atoms with van der Waals surface area (Å²) in [5.74, 6) is 2.84. The van der Waals surface area contributed by atoms with Gasteiger partial charge < -0.3 is 5.32 Å². The van der Waals surface area contributed by atoms with E-state index >= 15 is 0 Å². The number of aromatic nitrogens is 2. The summed E-state index contributed by atoms with van der Waals surface area (Å²) >= 11 is 12.1. The van der Waals surface area contributed by atoms with E-state index in [1.54, 1.807) is 0 Å². The molecule has 0 saturated heterocycles. The minimum Gasteiger partial charge on any atom is -0.362 e. The lowest BCUT2D eigenvalue weighted by molar-refractivity contribution is 0.556. The Hall–Kier alpha value is -0.540. The SMILES string of the molecule is CCC(CCl)(CCl)Nc1cc(C)nc(C(C)C)n1. The Balaban J connectivity index is 3.03. The summed E-state index contributed by atoms with van der Waals surface area (Å²) in [6, 6.07) is 1.93. The molecule has 1 aromatic heterocycles. The van der Waals surface area contributed by atoms with Gasteiger partial charge in [0.25, 0.3) is 0 Å². The predicted octanol–water partition coefficient (Wildman–Crippen LogP) is 3.95. The molecule has 18 heavy (non-hydrogen) atoms. The highest BCUT2D eigenvalue weighted by Gasteiger charge is 2.26. The van der Waals surface area contributed by atoms with Crippen LogP contribution in [-0.2, 0) is 0 Å². The Bertz CT molecular complexity index is 382. The van der Waals surface area contributed by atoms with E-state index in [0.29, 0.717) is 17.7 Å². The molecule has 1 heterocycles. The van der Waals surface area contributed by atoms with E-state index in [1.807, 2.05) is 13.0 Å². The second-order valence-electron chi connectivity index (χ2n) is 4.93. The highest BCUT2D eigenvalue weighted by molar-refractivity contribution is 6.22. The lowest BCUT2D eigenvalue weighted by Crippen LogP contribution is -2.42. The number of hydrogen-bond acceptors (Lipinski definition) is 3. The zero-order valence-electron chi connectivity index (χ0n) is 11.4. The lowest BCUT2D eigenvalue weighted by atomic mass is 10.0. The van der Waals surface area contributed by atoms with E-state index in [9.17, 15) is 0 Å². The van der Waals surface area contributed by atoms with Gasteiger partial charge in [-0.2, -0.15) is 0 Å². The summed E-state index contributed by atoms with van der Waals surface area (Å²) in [7, 11) is 0. The van der Waals surface area contributed by atoms with Gasteiger partial charge in [0.05, 0.1) is 5.54 Å². The first kappa shape index (κ1) is 15.5. The third-order valence-corrected chi connectivity index (χ3v) is 3.99. The molecule has 3 nitrogen and oxygen atoms in total. The molecule has 0 saturated carbocycles. The summed E-state index contributed by atoms with van der Waals surface area (Å²) in [5, 5.41) is 3.36. The monoisotopic (exact) mass is 289 g/mol. The third-order valence-electron chi connectivity index (χ3n) is 2.97.